The largest absolute Gasteiger partial charge is 0.312 e. The Morgan fingerprint density at radius 1 is 1.05 bits per heavy atom. The van der Waals surface area contributed by atoms with Crippen molar-refractivity contribution in [3.63, 3.8) is 0 Å². The fraction of sp³-hybridized carbons (Fsp3) is 1.00. The van der Waals surface area contributed by atoms with Crippen molar-refractivity contribution in [2.75, 3.05) is 40.3 Å². The van der Waals surface area contributed by atoms with Crippen LogP contribution in [0.4, 0.5) is 0 Å². The number of nitrogens with zero attached hydrogens (tertiary/aromatic N) is 2. The van der Waals surface area contributed by atoms with E-state index in [0.29, 0.717) is 12.1 Å². The van der Waals surface area contributed by atoms with E-state index >= 15 is 0 Å². The minimum atomic E-state index is 0.690. The summed E-state index contributed by atoms with van der Waals surface area (Å²) in [6, 6.07) is 1.38. The molecule has 3 nitrogen and oxygen atoms in total. The summed E-state index contributed by atoms with van der Waals surface area (Å²) in [7, 11) is 4.62. The van der Waals surface area contributed by atoms with Gasteiger partial charge in [-0.15, -0.1) is 0 Å². The van der Waals surface area contributed by atoms with Crippen LogP contribution in [0.3, 0.4) is 0 Å². The molecule has 0 bridgehead atoms. The quantitative estimate of drug-likeness (QED) is 0.842. The summed E-state index contributed by atoms with van der Waals surface area (Å²) in [6.45, 7) is 7.10. The van der Waals surface area contributed by atoms with Gasteiger partial charge in [0.2, 0.25) is 0 Å². The Morgan fingerprint density at radius 2 is 1.79 bits per heavy atom. The van der Waals surface area contributed by atoms with Crippen molar-refractivity contribution in [1.29, 1.82) is 0 Å². The monoisotopic (exact) mass is 267 g/mol. The number of rotatable bonds is 4. The molecule has 1 saturated carbocycles. The van der Waals surface area contributed by atoms with Crippen LogP contribution >= 0.6 is 0 Å². The lowest BCUT2D eigenvalue weighted by Gasteiger charge is -2.40. The zero-order valence-corrected chi connectivity index (χ0v) is 13.2. The van der Waals surface area contributed by atoms with E-state index < -0.39 is 0 Å². The molecule has 2 fully saturated rings. The van der Waals surface area contributed by atoms with Crippen molar-refractivity contribution >= 4 is 0 Å². The maximum absolute atomic E-state index is 3.83. The van der Waals surface area contributed by atoms with Crippen LogP contribution in [0.5, 0.6) is 0 Å². The van der Waals surface area contributed by atoms with Gasteiger partial charge in [-0.2, -0.15) is 0 Å². The van der Waals surface area contributed by atoms with Gasteiger partial charge in [0, 0.05) is 18.6 Å². The lowest BCUT2D eigenvalue weighted by Crippen LogP contribution is -2.55. The van der Waals surface area contributed by atoms with Gasteiger partial charge in [-0.1, -0.05) is 26.2 Å². The van der Waals surface area contributed by atoms with Crippen molar-refractivity contribution in [3.8, 4) is 0 Å². The molecule has 112 valence electrons. The Balaban J connectivity index is 2.05. The highest BCUT2D eigenvalue weighted by Gasteiger charge is 2.33. The van der Waals surface area contributed by atoms with Crippen molar-refractivity contribution in [2.45, 2.75) is 57.5 Å². The molecule has 0 aromatic carbocycles. The summed E-state index contributed by atoms with van der Waals surface area (Å²) >= 11 is 0. The van der Waals surface area contributed by atoms with E-state index in [-0.39, 0.29) is 0 Å². The molecule has 2 aliphatic rings. The fourth-order valence-electron chi connectivity index (χ4n) is 4.04. The topological polar surface area (TPSA) is 18.5 Å². The molecule has 2 rings (SSSR count). The maximum atomic E-state index is 3.83. The van der Waals surface area contributed by atoms with E-state index in [1.165, 1.54) is 58.2 Å². The summed E-state index contributed by atoms with van der Waals surface area (Å²) in [5.41, 5.74) is 0. The smallest absolute Gasteiger partial charge is 0.0376 e. The normalized spacial score (nSPS) is 30.2. The van der Waals surface area contributed by atoms with Crippen LogP contribution in [-0.4, -0.2) is 62.2 Å². The molecule has 1 aliphatic carbocycles. The molecule has 1 aliphatic heterocycles. The first-order valence-corrected chi connectivity index (χ1v) is 8.34. The predicted molar refractivity (Wildman–Crippen MR) is 82.6 cm³/mol. The Morgan fingerprint density at radius 3 is 2.47 bits per heavy atom. The standard InChI is InChI=1S/C16H33N3/c1-4-17-16(14-9-6-5-7-10-14)15-13-18(2)11-8-12-19(15)3/h14-17H,4-13H2,1-3H3. The molecule has 2 unspecified atom stereocenters. The molecule has 0 aromatic rings. The van der Waals surface area contributed by atoms with Crippen molar-refractivity contribution < 1.29 is 0 Å². The van der Waals surface area contributed by atoms with Gasteiger partial charge in [0.1, 0.15) is 0 Å². The van der Waals surface area contributed by atoms with E-state index in [2.05, 4.69) is 36.1 Å². The van der Waals surface area contributed by atoms with E-state index in [0.717, 1.165) is 12.5 Å². The van der Waals surface area contributed by atoms with Gasteiger partial charge in [-0.25, -0.2) is 0 Å². The molecule has 1 saturated heterocycles. The van der Waals surface area contributed by atoms with Crippen molar-refractivity contribution in [2.24, 2.45) is 5.92 Å². The minimum absolute atomic E-state index is 0.690. The number of hydrogen-bond acceptors (Lipinski definition) is 3. The van der Waals surface area contributed by atoms with Crippen molar-refractivity contribution in [1.82, 2.24) is 15.1 Å². The lowest BCUT2D eigenvalue weighted by molar-refractivity contribution is 0.127. The van der Waals surface area contributed by atoms with Gasteiger partial charge in [0.15, 0.2) is 0 Å². The van der Waals surface area contributed by atoms with Crippen LogP contribution in [-0.2, 0) is 0 Å². The lowest BCUT2D eigenvalue weighted by atomic mass is 9.80. The summed E-state index contributed by atoms with van der Waals surface area (Å²) in [5.74, 6) is 0.896. The number of hydrogen-bond donors (Lipinski definition) is 1. The van der Waals surface area contributed by atoms with Gasteiger partial charge in [0.05, 0.1) is 0 Å². The Bertz CT molecular complexity index is 250. The zero-order chi connectivity index (χ0) is 13.7. The second-order valence-electron chi connectivity index (χ2n) is 6.65. The van der Waals surface area contributed by atoms with Gasteiger partial charge >= 0.3 is 0 Å². The molecule has 2 atom stereocenters. The third-order valence-electron chi connectivity index (χ3n) is 5.13. The highest BCUT2D eigenvalue weighted by molar-refractivity contribution is 4.92. The zero-order valence-electron chi connectivity index (χ0n) is 13.2. The Hall–Kier alpha value is -0.120. The molecule has 3 heteroatoms. The van der Waals surface area contributed by atoms with Crippen LogP contribution in [0.1, 0.15) is 45.4 Å². The third kappa shape index (κ3) is 4.17. The summed E-state index contributed by atoms with van der Waals surface area (Å²) in [6.07, 6.45) is 8.53. The van der Waals surface area contributed by atoms with Crippen molar-refractivity contribution in [3.05, 3.63) is 0 Å². The van der Waals surface area contributed by atoms with Crippen LogP contribution in [0.15, 0.2) is 0 Å². The van der Waals surface area contributed by atoms with E-state index in [1.807, 2.05) is 0 Å². The molecule has 0 amide bonds. The summed E-state index contributed by atoms with van der Waals surface area (Å²) in [5, 5.41) is 3.83. The molecule has 1 N–H and O–H groups in total. The second kappa shape index (κ2) is 7.61. The second-order valence-corrected chi connectivity index (χ2v) is 6.65. The van der Waals surface area contributed by atoms with Crippen LogP contribution in [0, 0.1) is 5.92 Å². The highest BCUT2D eigenvalue weighted by atomic mass is 15.2. The van der Waals surface area contributed by atoms with E-state index in [9.17, 15) is 0 Å². The number of likely N-dealkylation sites (N-methyl/N-ethyl adjacent to an activating group) is 3. The molecule has 0 radical (unpaired) electrons. The van der Waals surface area contributed by atoms with Gasteiger partial charge in [0.25, 0.3) is 0 Å². The Kier molecular flexibility index (Phi) is 6.11. The molecule has 0 spiro atoms. The fourth-order valence-corrected chi connectivity index (χ4v) is 4.04. The number of nitrogens with one attached hydrogen (secondary N) is 1. The van der Waals surface area contributed by atoms with Crippen LogP contribution in [0.25, 0.3) is 0 Å². The van der Waals surface area contributed by atoms with Gasteiger partial charge in [-0.05, 0) is 58.9 Å². The Labute approximate surface area is 119 Å². The van der Waals surface area contributed by atoms with Crippen LogP contribution < -0.4 is 5.32 Å². The first-order valence-electron chi connectivity index (χ1n) is 8.34. The van der Waals surface area contributed by atoms with E-state index in [4.69, 9.17) is 0 Å². The molecule has 1 heterocycles. The minimum Gasteiger partial charge on any atom is -0.312 e. The third-order valence-corrected chi connectivity index (χ3v) is 5.13. The SMILES string of the molecule is CCNC(C1CCCCC1)C1CN(C)CCCN1C. The highest BCUT2D eigenvalue weighted by Crippen LogP contribution is 2.29. The first kappa shape index (κ1) is 15.3. The summed E-state index contributed by atoms with van der Waals surface area (Å²) in [4.78, 5) is 5.15. The average molecular weight is 267 g/mol. The van der Waals surface area contributed by atoms with Gasteiger partial charge < -0.3 is 15.1 Å². The van der Waals surface area contributed by atoms with Crippen LogP contribution in [0.2, 0.25) is 0 Å². The predicted octanol–water partition coefficient (Wildman–Crippen LogP) is 2.18. The average Bonchev–Trinajstić information content (AvgIpc) is 2.59. The molecule has 0 aromatic heterocycles. The molecule has 19 heavy (non-hydrogen) atoms. The first-order chi connectivity index (χ1) is 9.22. The summed E-state index contributed by atoms with van der Waals surface area (Å²) < 4.78 is 0. The van der Waals surface area contributed by atoms with Gasteiger partial charge in [-0.3, -0.25) is 0 Å². The van der Waals surface area contributed by atoms with E-state index in [1.54, 1.807) is 0 Å². The molecular formula is C16H33N3. The maximum Gasteiger partial charge on any atom is 0.0376 e. The molecular weight excluding hydrogens is 234 g/mol.